The zero-order valence-corrected chi connectivity index (χ0v) is 7.62. The maximum Gasteiger partial charge on any atom is 0.220 e. The second-order valence-corrected chi connectivity index (χ2v) is 3.59. The van der Waals surface area contributed by atoms with Crippen molar-refractivity contribution in [2.24, 2.45) is 5.92 Å². The summed E-state index contributed by atoms with van der Waals surface area (Å²) in [5.74, 6) is 2.45. The fourth-order valence-corrected chi connectivity index (χ4v) is 1.50. The van der Waals surface area contributed by atoms with Crippen LogP contribution in [0.3, 0.4) is 0 Å². The minimum Gasteiger partial charge on any atom is -0.457 e. The van der Waals surface area contributed by atoms with Gasteiger partial charge in [0.05, 0.1) is 0 Å². The normalized spacial score (nSPS) is 25.6. The second kappa shape index (κ2) is 2.87. The van der Waals surface area contributed by atoms with Gasteiger partial charge in [0.25, 0.3) is 0 Å². The molecule has 2 atom stereocenters. The molecule has 13 heavy (non-hydrogen) atoms. The summed E-state index contributed by atoms with van der Waals surface area (Å²) in [5.41, 5.74) is 0. The molecule has 1 aliphatic carbocycles. The summed E-state index contributed by atoms with van der Waals surface area (Å²) in [5, 5.41) is 0. The molecule has 0 amide bonds. The third-order valence-corrected chi connectivity index (χ3v) is 2.53. The van der Waals surface area contributed by atoms with Crippen LogP contribution in [0.2, 0.25) is 0 Å². The van der Waals surface area contributed by atoms with Crippen LogP contribution >= 0.6 is 0 Å². The summed E-state index contributed by atoms with van der Waals surface area (Å²) >= 11 is 0. The van der Waals surface area contributed by atoms with Crippen molar-refractivity contribution in [1.29, 1.82) is 0 Å². The van der Waals surface area contributed by atoms with E-state index in [4.69, 9.17) is 4.42 Å². The minimum absolute atomic E-state index is 0.139. The minimum atomic E-state index is -0.139. The number of hydrogen-bond donors (Lipinski definition) is 0. The van der Waals surface area contributed by atoms with E-state index in [-0.39, 0.29) is 5.78 Å². The maximum atomic E-state index is 11.1. The number of carbonyl (C=O) groups excluding carboxylic acids is 1. The van der Waals surface area contributed by atoms with Gasteiger partial charge in [0.1, 0.15) is 5.76 Å². The van der Waals surface area contributed by atoms with Crippen LogP contribution in [0.25, 0.3) is 0 Å². The Labute approximate surface area is 77.2 Å². The monoisotopic (exact) mass is 176 g/mol. The van der Waals surface area contributed by atoms with Crippen LogP contribution < -0.4 is 0 Å². The molecular weight excluding hydrogens is 164 g/mol. The van der Waals surface area contributed by atoms with Gasteiger partial charge in [-0.3, -0.25) is 4.79 Å². The van der Waals surface area contributed by atoms with Crippen molar-refractivity contribution in [1.82, 2.24) is 0 Å². The summed E-state index contributed by atoms with van der Waals surface area (Å²) in [4.78, 5) is 11.1. The molecule has 1 heterocycles. The Morgan fingerprint density at radius 1 is 1.69 bits per heavy atom. The fraction of sp³-hybridized carbons (Fsp3) is 0.364. The summed E-state index contributed by atoms with van der Waals surface area (Å²) in [6, 6.07) is 3.62. The van der Waals surface area contributed by atoms with Gasteiger partial charge in [0.15, 0.2) is 5.76 Å². The van der Waals surface area contributed by atoms with E-state index in [9.17, 15) is 4.79 Å². The molecule has 68 valence electrons. The summed E-state index contributed by atoms with van der Waals surface area (Å²) in [6.45, 7) is 5.59. The van der Waals surface area contributed by atoms with Crippen LogP contribution in [0.4, 0.5) is 0 Å². The third kappa shape index (κ3) is 1.44. The molecule has 0 aliphatic heterocycles. The lowest BCUT2D eigenvalue weighted by Gasteiger charge is -1.90. The van der Waals surface area contributed by atoms with E-state index >= 15 is 0 Å². The predicted molar refractivity (Wildman–Crippen MR) is 49.8 cm³/mol. The number of allylic oxidation sites excluding steroid dienone is 1. The largest absolute Gasteiger partial charge is 0.457 e. The van der Waals surface area contributed by atoms with Gasteiger partial charge >= 0.3 is 0 Å². The quantitative estimate of drug-likeness (QED) is 0.523. The number of furan rings is 1. The van der Waals surface area contributed by atoms with Crippen molar-refractivity contribution in [2.45, 2.75) is 19.3 Å². The Hall–Kier alpha value is -1.31. The Bertz CT molecular complexity index is 349. The highest BCUT2D eigenvalue weighted by Gasteiger charge is 2.36. The molecule has 0 radical (unpaired) electrons. The van der Waals surface area contributed by atoms with Gasteiger partial charge in [-0.05, 0) is 30.5 Å². The van der Waals surface area contributed by atoms with Gasteiger partial charge in [-0.15, -0.1) is 0 Å². The summed E-state index contributed by atoms with van der Waals surface area (Å²) in [7, 11) is 0. The zero-order valence-electron chi connectivity index (χ0n) is 7.62. The topological polar surface area (TPSA) is 30.2 Å². The predicted octanol–water partition coefficient (Wildman–Crippen LogP) is 2.77. The molecule has 1 saturated carbocycles. The average Bonchev–Trinajstić information content (AvgIpc) is 2.70. The zero-order chi connectivity index (χ0) is 9.42. The standard InChI is InChI=1S/C11H12O2/c1-3-9(12)11-5-4-10(13-11)8-6-7(8)2/h3-5,7-8H,1,6H2,2H3. The fourth-order valence-electron chi connectivity index (χ4n) is 1.50. The van der Waals surface area contributed by atoms with E-state index in [1.807, 2.05) is 6.07 Å². The first-order chi connectivity index (χ1) is 6.22. The molecule has 0 saturated heterocycles. The van der Waals surface area contributed by atoms with Gasteiger partial charge < -0.3 is 4.42 Å². The molecule has 2 rings (SSSR count). The lowest BCUT2D eigenvalue weighted by molar-refractivity contribution is 0.102. The maximum absolute atomic E-state index is 11.1. The highest BCUT2D eigenvalue weighted by Crippen LogP contribution is 2.47. The Kier molecular flexibility index (Phi) is 1.83. The SMILES string of the molecule is C=CC(=O)c1ccc(C2CC2C)o1. The molecular formula is C11H12O2. The number of hydrogen-bond acceptors (Lipinski definition) is 2. The molecule has 1 aromatic heterocycles. The molecule has 1 aliphatic rings. The van der Waals surface area contributed by atoms with Crippen LogP contribution in [-0.4, -0.2) is 5.78 Å². The van der Waals surface area contributed by atoms with Crippen molar-refractivity contribution in [3.8, 4) is 0 Å². The van der Waals surface area contributed by atoms with Crippen molar-refractivity contribution >= 4 is 5.78 Å². The number of ketones is 1. The molecule has 0 N–H and O–H groups in total. The smallest absolute Gasteiger partial charge is 0.220 e. The Balaban J connectivity index is 2.18. The molecule has 0 aromatic carbocycles. The molecule has 1 aromatic rings. The average molecular weight is 176 g/mol. The Morgan fingerprint density at radius 2 is 2.38 bits per heavy atom. The Morgan fingerprint density at radius 3 is 2.92 bits per heavy atom. The van der Waals surface area contributed by atoms with E-state index in [1.165, 1.54) is 12.5 Å². The lowest BCUT2D eigenvalue weighted by Crippen LogP contribution is -1.89. The summed E-state index contributed by atoms with van der Waals surface area (Å²) < 4.78 is 5.41. The van der Waals surface area contributed by atoms with E-state index in [0.717, 1.165) is 5.76 Å². The molecule has 1 fully saturated rings. The highest BCUT2D eigenvalue weighted by atomic mass is 16.3. The van der Waals surface area contributed by atoms with Crippen LogP contribution in [0, 0.1) is 5.92 Å². The van der Waals surface area contributed by atoms with Crippen LogP contribution in [-0.2, 0) is 0 Å². The van der Waals surface area contributed by atoms with E-state index in [1.54, 1.807) is 6.07 Å². The van der Waals surface area contributed by atoms with Gasteiger partial charge in [-0.25, -0.2) is 0 Å². The first kappa shape index (κ1) is 8.30. The highest BCUT2D eigenvalue weighted by molar-refractivity contribution is 6.01. The number of rotatable bonds is 3. The second-order valence-electron chi connectivity index (χ2n) is 3.59. The molecule has 2 nitrogen and oxygen atoms in total. The van der Waals surface area contributed by atoms with E-state index in [2.05, 4.69) is 13.5 Å². The van der Waals surface area contributed by atoms with Gasteiger partial charge in [0, 0.05) is 5.92 Å². The molecule has 0 spiro atoms. The molecule has 0 bridgehead atoms. The van der Waals surface area contributed by atoms with Gasteiger partial charge in [-0.2, -0.15) is 0 Å². The third-order valence-electron chi connectivity index (χ3n) is 2.53. The van der Waals surface area contributed by atoms with Gasteiger partial charge in [0.2, 0.25) is 5.78 Å². The van der Waals surface area contributed by atoms with Crippen molar-refractivity contribution in [2.75, 3.05) is 0 Å². The van der Waals surface area contributed by atoms with Crippen LogP contribution in [0.1, 0.15) is 35.6 Å². The molecule has 2 unspecified atom stereocenters. The summed E-state index contributed by atoms with van der Waals surface area (Å²) in [6.07, 6.45) is 2.45. The van der Waals surface area contributed by atoms with Gasteiger partial charge in [-0.1, -0.05) is 13.5 Å². The first-order valence-corrected chi connectivity index (χ1v) is 4.49. The first-order valence-electron chi connectivity index (χ1n) is 4.49. The van der Waals surface area contributed by atoms with Crippen molar-refractivity contribution in [3.63, 3.8) is 0 Å². The van der Waals surface area contributed by atoms with Crippen LogP contribution in [0.15, 0.2) is 29.2 Å². The van der Waals surface area contributed by atoms with Crippen LogP contribution in [0.5, 0.6) is 0 Å². The molecule has 2 heteroatoms. The van der Waals surface area contributed by atoms with Crippen molar-refractivity contribution < 1.29 is 9.21 Å². The van der Waals surface area contributed by atoms with Crippen molar-refractivity contribution in [3.05, 3.63) is 36.3 Å². The lowest BCUT2D eigenvalue weighted by atomic mass is 10.2. The van der Waals surface area contributed by atoms with E-state index < -0.39 is 0 Å². The van der Waals surface area contributed by atoms with E-state index in [0.29, 0.717) is 17.6 Å². The number of carbonyl (C=O) groups is 1.